The smallest absolute Gasteiger partial charge is 0.164 e. The van der Waals surface area contributed by atoms with Crippen LogP contribution in [0.5, 0.6) is 0 Å². The second-order valence-electron chi connectivity index (χ2n) is 4.62. The molecule has 1 heterocycles. The summed E-state index contributed by atoms with van der Waals surface area (Å²) in [5.41, 5.74) is 4.50. The van der Waals surface area contributed by atoms with Crippen molar-refractivity contribution < 1.29 is 4.39 Å². The Morgan fingerprint density at radius 3 is 2.58 bits per heavy atom. The number of halogens is 1. The highest BCUT2D eigenvalue weighted by Crippen LogP contribution is 2.21. The number of hydrogen-bond acceptors (Lipinski definition) is 1. The second-order valence-corrected chi connectivity index (χ2v) is 4.62. The van der Waals surface area contributed by atoms with Crippen LogP contribution in [0.15, 0.2) is 43.1 Å². The molecular formula is C16H17FN2. The maximum atomic E-state index is 13.3. The molecule has 1 aromatic heterocycles. The van der Waals surface area contributed by atoms with E-state index >= 15 is 0 Å². The third-order valence-electron chi connectivity index (χ3n) is 3.16. The zero-order valence-corrected chi connectivity index (χ0v) is 11.4. The second kappa shape index (κ2) is 5.22. The summed E-state index contributed by atoms with van der Waals surface area (Å²) < 4.78 is 14.9. The molecule has 0 unspecified atom stereocenters. The molecule has 1 aromatic carbocycles. The third-order valence-corrected chi connectivity index (χ3v) is 3.16. The van der Waals surface area contributed by atoms with Crippen LogP contribution >= 0.6 is 0 Å². The molecule has 2 nitrogen and oxygen atoms in total. The predicted molar refractivity (Wildman–Crippen MR) is 77.1 cm³/mol. The van der Waals surface area contributed by atoms with Crippen LogP contribution in [-0.4, -0.2) is 9.78 Å². The lowest BCUT2D eigenvalue weighted by molar-refractivity contribution is 0.616. The number of hydrogen-bond donors (Lipinski definition) is 0. The molecule has 2 rings (SSSR count). The van der Waals surface area contributed by atoms with Gasteiger partial charge in [-0.15, -0.1) is 0 Å². The monoisotopic (exact) mass is 256 g/mol. The number of aromatic nitrogens is 2. The van der Waals surface area contributed by atoms with Crippen LogP contribution in [0.2, 0.25) is 0 Å². The van der Waals surface area contributed by atoms with E-state index in [2.05, 4.69) is 11.7 Å². The summed E-state index contributed by atoms with van der Waals surface area (Å²) in [6.45, 7) is 9.72. The molecule has 0 saturated carbocycles. The Labute approximate surface area is 112 Å². The van der Waals surface area contributed by atoms with E-state index in [9.17, 15) is 4.39 Å². The predicted octanol–water partition coefficient (Wildman–Crippen LogP) is 4.21. The molecule has 0 aliphatic rings. The Bertz CT molecular complexity index is 651. The molecule has 0 saturated heterocycles. The first-order valence-corrected chi connectivity index (χ1v) is 6.14. The Balaban J connectivity index is 2.34. The summed E-state index contributed by atoms with van der Waals surface area (Å²) in [5, 5.41) is 4.02. The molecule has 0 N–H and O–H groups in total. The normalized spacial score (nSPS) is 11.7. The molecule has 2 aromatic rings. The fourth-order valence-corrected chi connectivity index (χ4v) is 2.07. The zero-order valence-electron chi connectivity index (χ0n) is 11.4. The minimum Gasteiger partial charge on any atom is -0.239 e. The molecule has 0 bridgehead atoms. The van der Waals surface area contributed by atoms with Gasteiger partial charge in [-0.25, -0.2) is 9.07 Å². The molecule has 0 aliphatic carbocycles. The SMILES string of the molecule is C=C(/C=C(/C)n1ncc(F)c1C)c1ccccc1C. The zero-order chi connectivity index (χ0) is 14.0. The van der Waals surface area contributed by atoms with Crippen molar-refractivity contribution in [2.24, 2.45) is 0 Å². The number of rotatable bonds is 3. The molecule has 0 fully saturated rings. The van der Waals surface area contributed by atoms with Crippen LogP contribution in [0.4, 0.5) is 4.39 Å². The van der Waals surface area contributed by atoms with Gasteiger partial charge in [-0.3, -0.25) is 0 Å². The van der Waals surface area contributed by atoms with Crippen LogP contribution in [-0.2, 0) is 0 Å². The minimum atomic E-state index is -0.297. The summed E-state index contributed by atoms with van der Waals surface area (Å²) in [6, 6.07) is 8.05. The van der Waals surface area contributed by atoms with E-state index in [1.54, 1.807) is 11.6 Å². The number of nitrogens with zero attached hydrogens (tertiary/aromatic N) is 2. The van der Waals surface area contributed by atoms with Gasteiger partial charge in [0.1, 0.15) is 0 Å². The Kier molecular flexibility index (Phi) is 3.65. The van der Waals surface area contributed by atoms with Crippen LogP contribution in [0.25, 0.3) is 11.3 Å². The topological polar surface area (TPSA) is 17.8 Å². The van der Waals surface area contributed by atoms with Crippen molar-refractivity contribution in [2.75, 3.05) is 0 Å². The molecule has 98 valence electrons. The van der Waals surface area contributed by atoms with Gasteiger partial charge >= 0.3 is 0 Å². The molecule has 0 amide bonds. The number of aryl methyl sites for hydroxylation is 1. The van der Waals surface area contributed by atoms with Crippen LogP contribution in [0.3, 0.4) is 0 Å². The highest BCUT2D eigenvalue weighted by atomic mass is 19.1. The van der Waals surface area contributed by atoms with Gasteiger partial charge in [-0.05, 0) is 43.5 Å². The van der Waals surface area contributed by atoms with Gasteiger partial charge in [0, 0.05) is 5.70 Å². The molecule has 19 heavy (non-hydrogen) atoms. The van der Waals surface area contributed by atoms with Crippen molar-refractivity contribution in [3.05, 3.63) is 65.8 Å². The van der Waals surface area contributed by atoms with Crippen molar-refractivity contribution >= 4 is 11.3 Å². The maximum absolute atomic E-state index is 13.3. The van der Waals surface area contributed by atoms with Gasteiger partial charge in [0.05, 0.1) is 11.9 Å². The summed E-state index contributed by atoms with van der Waals surface area (Å²) in [5.74, 6) is -0.297. The molecule has 0 spiro atoms. The Morgan fingerprint density at radius 1 is 1.32 bits per heavy atom. The fourth-order valence-electron chi connectivity index (χ4n) is 2.07. The van der Waals surface area contributed by atoms with Gasteiger partial charge in [0.15, 0.2) is 5.82 Å². The highest BCUT2D eigenvalue weighted by molar-refractivity contribution is 5.78. The van der Waals surface area contributed by atoms with E-state index in [0.29, 0.717) is 5.69 Å². The van der Waals surface area contributed by atoms with E-state index < -0.39 is 0 Å². The molecule has 0 atom stereocenters. The van der Waals surface area contributed by atoms with E-state index in [4.69, 9.17) is 0 Å². The van der Waals surface area contributed by atoms with Gasteiger partial charge in [-0.2, -0.15) is 5.10 Å². The standard InChI is InChI=1S/C16H17FN2/c1-11-7-5-6-8-15(11)12(2)9-13(3)19-14(4)16(17)10-18-19/h5-10H,2H2,1,3-4H3/b13-9-. The summed E-state index contributed by atoms with van der Waals surface area (Å²) in [4.78, 5) is 0. The summed E-state index contributed by atoms with van der Waals surface area (Å²) >= 11 is 0. The lowest BCUT2D eigenvalue weighted by atomic mass is 10.0. The van der Waals surface area contributed by atoms with Crippen LogP contribution in [0, 0.1) is 19.7 Å². The van der Waals surface area contributed by atoms with Crippen molar-refractivity contribution in [3.8, 4) is 0 Å². The van der Waals surface area contributed by atoms with Crippen molar-refractivity contribution in [1.82, 2.24) is 9.78 Å². The maximum Gasteiger partial charge on any atom is 0.164 e. The van der Waals surface area contributed by atoms with Crippen molar-refractivity contribution in [2.45, 2.75) is 20.8 Å². The average Bonchev–Trinajstić information content (AvgIpc) is 2.70. The lowest BCUT2D eigenvalue weighted by Crippen LogP contribution is -1.99. The van der Waals surface area contributed by atoms with E-state index in [1.165, 1.54) is 11.8 Å². The number of benzene rings is 1. The first-order chi connectivity index (χ1) is 9.00. The summed E-state index contributed by atoms with van der Waals surface area (Å²) in [6.07, 6.45) is 3.14. The van der Waals surface area contributed by atoms with Gasteiger partial charge < -0.3 is 0 Å². The van der Waals surface area contributed by atoms with Gasteiger partial charge in [0.2, 0.25) is 0 Å². The van der Waals surface area contributed by atoms with E-state index in [1.807, 2.05) is 44.2 Å². The van der Waals surface area contributed by atoms with Crippen LogP contribution < -0.4 is 0 Å². The van der Waals surface area contributed by atoms with Gasteiger partial charge in [-0.1, -0.05) is 30.8 Å². The van der Waals surface area contributed by atoms with E-state index in [0.717, 1.165) is 16.8 Å². The van der Waals surface area contributed by atoms with Crippen molar-refractivity contribution in [3.63, 3.8) is 0 Å². The molecule has 0 radical (unpaired) electrons. The average molecular weight is 256 g/mol. The quantitative estimate of drug-likeness (QED) is 0.752. The molecule has 3 heteroatoms. The first-order valence-electron chi connectivity index (χ1n) is 6.14. The Morgan fingerprint density at radius 2 is 2.00 bits per heavy atom. The van der Waals surface area contributed by atoms with E-state index in [-0.39, 0.29) is 5.82 Å². The van der Waals surface area contributed by atoms with Crippen LogP contribution in [0.1, 0.15) is 23.7 Å². The minimum absolute atomic E-state index is 0.297. The van der Waals surface area contributed by atoms with Crippen molar-refractivity contribution in [1.29, 1.82) is 0 Å². The van der Waals surface area contributed by atoms with Gasteiger partial charge in [0.25, 0.3) is 0 Å². The first kappa shape index (κ1) is 13.3. The molecule has 0 aliphatic heterocycles. The summed E-state index contributed by atoms with van der Waals surface area (Å²) in [7, 11) is 0. The molecular weight excluding hydrogens is 239 g/mol. The Hall–Kier alpha value is -2.16. The highest BCUT2D eigenvalue weighted by Gasteiger charge is 2.07. The largest absolute Gasteiger partial charge is 0.239 e. The number of allylic oxidation sites excluding steroid dienone is 3. The lowest BCUT2D eigenvalue weighted by Gasteiger charge is -2.08. The fraction of sp³-hybridized carbons (Fsp3) is 0.188. The third kappa shape index (κ3) is 2.65.